The number of aromatic nitrogens is 2. The first-order valence-electron chi connectivity index (χ1n) is 10.1. The third kappa shape index (κ3) is 3.87. The normalized spacial score (nSPS) is 19.9. The average molecular weight is 367 g/mol. The number of nitrogens with zero attached hydrogens (tertiary/aromatic N) is 4. The number of carbonyl (C=O) groups is 1. The molecule has 0 saturated carbocycles. The number of fused-ring (bicyclic) bond motifs is 1. The van der Waals surface area contributed by atoms with Crippen molar-refractivity contribution in [3.8, 4) is 0 Å². The van der Waals surface area contributed by atoms with Crippen molar-refractivity contribution in [2.24, 2.45) is 5.92 Å². The summed E-state index contributed by atoms with van der Waals surface area (Å²) in [6.45, 7) is 10.3. The van der Waals surface area contributed by atoms with Crippen molar-refractivity contribution in [3.63, 3.8) is 0 Å². The maximum Gasteiger partial charge on any atom is 0.244 e. The molecule has 1 aromatic heterocycles. The highest BCUT2D eigenvalue weighted by Gasteiger charge is 2.24. The lowest BCUT2D eigenvalue weighted by atomic mass is 9.89. The summed E-state index contributed by atoms with van der Waals surface area (Å²) in [6.07, 6.45) is 5.44. The standard InChI is InChI=1S/C22H30N4O/c1-16-5-7-20-19(12-16)14-26(23-20)15-22(27)25-10-8-24(9-11-25)21-13-17(2)4-6-18(21)3/h4,6,13-14,16H,5,7-12,15H2,1-3H3. The van der Waals surface area contributed by atoms with Gasteiger partial charge < -0.3 is 9.80 Å². The van der Waals surface area contributed by atoms with E-state index in [1.165, 1.54) is 34.5 Å². The Bertz CT molecular complexity index is 833. The van der Waals surface area contributed by atoms with E-state index in [0.29, 0.717) is 6.54 Å². The lowest BCUT2D eigenvalue weighted by Gasteiger charge is -2.37. The molecule has 5 heteroatoms. The number of carbonyl (C=O) groups excluding carboxylic acids is 1. The average Bonchev–Trinajstić information content (AvgIpc) is 3.05. The van der Waals surface area contributed by atoms with E-state index in [2.05, 4.69) is 55.2 Å². The summed E-state index contributed by atoms with van der Waals surface area (Å²) in [6, 6.07) is 6.59. The minimum absolute atomic E-state index is 0.184. The van der Waals surface area contributed by atoms with Crippen molar-refractivity contribution in [1.82, 2.24) is 14.7 Å². The zero-order valence-electron chi connectivity index (χ0n) is 16.7. The van der Waals surface area contributed by atoms with Crippen molar-refractivity contribution in [2.45, 2.75) is 46.6 Å². The van der Waals surface area contributed by atoms with Crippen LogP contribution in [0.4, 0.5) is 5.69 Å². The molecule has 1 saturated heterocycles. The van der Waals surface area contributed by atoms with Crippen LogP contribution >= 0.6 is 0 Å². The Balaban J connectivity index is 1.36. The van der Waals surface area contributed by atoms with E-state index in [0.717, 1.165) is 44.9 Å². The molecule has 2 heterocycles. The van der Waals surface area contributed by atoms with E-state index in [1.807, 2.05) is 9.58 Å². The first-order chi connectivity index (χ1) is 13.0. The minimum atomic E-state index is 0.184. The van der Waals surface area contributed by atoms with Crippen LogP contribution in [0.5, 0.6) is 0 Å². The summed E-state index contributed by atoms with van der Waals surface area (Å²) in [4.78, 5) is 17.1. The van der Waals surface area contributed by atoms with Crippen molar-refractivity contribution < 1.29 is 4.79 Å². The molecule has 2 aliphatic rings. The third-order valence-electron chi connectivity index (χ3n) is 6.00. The Morgan fingerprint density at radius 3 is 2.74 bits per heavy atom. The summed E-state index contributed by atoms with van der Waals surface area (Å²) in [5.74, 6) is 0.910. The van der Waals surface area contributed by atoms with Crippen molar-refractivity contribution in [3.05, 3.63) is 46.8 Å². The van der Waals surface area contributed by atoms with E-state index in [-0.39, 0.29) is 5.91 Å². The predicted octanol–water partition coefficient (Wildman–Crippen LogP) is 2.97. The zero-order valence-corrected chi connectivity index (χ0v) is 16.7. The van der Waals surface area contributed by atoms with Crippen LogP contribution in [0.25, 0.3) is 0 Å². The maximum atomic E-state index is 12.8. The van der Waals surface area contributed by atoms with Crippen LogP contribution in [-0.4, -0.2) is 46.8 Å². The molecule has 1 atom stereocenters. The van der Waals surface area contributed by atoms with Gasteiger partial charge in [0.25, 0.3) is 0 Å². The minimum Gasteiger partial charge on any atom is -0.368 e. The van der Waals surface area contributed by atoms with Crippen LogP contribution in [0.15, 0.2) is 24.4 Å². The molecule has 1 fully saturated rings. The van der Waals surface area contributed by atoms with Gasteiger partial charge in [0.1, 0.15) is 6.54 Å². The van der Waals surface area contributed by atoms with Crippen LogP contribution in [0.1, 0.15) is 35.7 Å². The number of hydrogen-bond acceptors (Lipinski definition) is 3. The largest absolute Gasteiger partial charge is 0.368 e. The number of aryl methyl sites for hydroxylation is 3. The summed E-state index contributed by atoms with van der Waals surface area (Å²) < 4.78 is 1.86. The van der Waals surface area contributed by atoms with Gasteiger partial charge in [0.05, 0.1) is 5.69 Å². The molecule has 1 aliphatic carbocycles. The smallest absolute Gasteiger partial charge is 0.244 e. The highest BCUT2D eigenvalue weighted by molar-refractivity contribution is 5.76. The van der Waals surface area contributed by atoms with E-state index < -0.39 is 0 Å². The summed E-state index contributed by atoms with van der Waals surface area (Å²) >= 11 is 0. The molecule has 1 aromatic carbocycles. The topological polar surface area (TPSA) is 41.4 Å². The van der Waals surface area contributed by atoms with E-state index in [9.17, 15) is 4.79 Å². The van der Waals surface area contributed by atoms with Crippen LogP contribution in [0.3, 0.4) is 0 Å². The molecule has 27 heavy (non-hydrogen) atoms. The van der Waals surface area contributed by atoms with Crippen LogP contribution in [0, 0.1) is 19.8 Å². The molecular formula is C22H30N4O. The summed E-state index contributed by atoms with van der Waals surface area (Å²) in [7, 11) is 0. The van der Waals surface area contributed by atoms with Gasteiger partial charge in [-0.2, -0.15) is 5.10 Å². The van der Waals surface area contributed by atoms with Gasteiger partial charge in [-0.3, -0.25) is 9.48 Å². The first-order valence-corrected chi connectivity index (χ1v) is 10.1. The van der Waals surface area contributed by atoms with Gasteiger partial charge in [-0.25, -0.2) is 0 Å². The second kappa shape index (κ2) is 7.37. The summed E-state index contributed by atoms with van der Waals surface area (Å²) in [5.41, 5.74) is 6.42. The van der Waals surface area contributed by atoms with E-state index >= 15 is 0 Å². The highest BCUT2D eigenvalue weighted by atomic mass is 16.2. The second-order valence-electron chi connectivity index (χ2n) is 8.30. The number of benzene rings is 1. The van der Waals surface area contributed by atoms with Gasteiger partial charge in [0.2, 0.25) is 5.91 Å². The summed E-state index contributed by atoms with van der Waals surface area (Å²) in [5, 5.41) is 4.66. The second-order valence-corrected chi connectivity index (χ2v) is 8.30. The maximum absolute atomic E-state index is 12.8. The van der Waals surface area contributed by atoms with Crippen molar-refractivity contribution in [1.29, 1.82) is 0 Å². The molecule has 0 radical (unpaired) electrons. The fourth-order valence-corrected chi connectivity index (χ4v) is 4.32. The molecule has 2 aromatic rings. The Morgan fingerprint density at radius 2 is 1.96 bits per heavy atom. The fraction of sp³-hybridized carbons (Fsp3) is 0.545. The molecule has 4 rings (SSSR count). The Labute approximate surface area is 162 Å². The number of hydrogen-bond donors (Lipinski definition) is 0. The van der Waals surface area contributed by atoms with Gasteiger partial charge >= 0.3 is 0 Å². The van der Waals surface area contributed by atoms with Gasteiger partial charge in [-0.1, -0.05) is 19.1 Å². The third-order valence-corrected chi connectivity index (χ3v) is 6.00. The molecule has 0 spiro atoms. The fourth-order valence-electron chi connectivity index (χ4n) is 4.32. The predicted molar refractivity (Wildman–Crippen MR) is 108 cm³/mol. The van der Waals surface area contributed by atoms with Crippen LogP contribution in [-0.2, 0) is 24.2 Å². The van der Waals surface area contributed by atoms with Gasteiger partial charge in [0, 0.05) is 38.1 Å². The first kappa shape index (κ1) is 18.1. The van der Waals surface area contributed by atoms with Gasteiger partial charge in [0.15, 0.2) is 0 Å². The highest BCUT2D eigenvalue weighted by Crippen LogP contribution is 2.25. The molecule has 0 N–H and O–H groups in total. The number of rotatable bonds is 3. The van der Waals surface area contributed by atoms with Gasteiger partial charge in [-0.05, 0) is 61.8 Å². The SMILES string of the molecule is Cc1ccc(C)c(N2CCN(C(=O)Cn3cc4c(n3)CCC(C)C4)CC2)c1. The molecule has 144 valence electrons. The lowest BCUT2D eigenvalue weighted by Crippen LogP contribution is -2.49. The van der Waals surface area contributed by atoms with Crippen molar-refractivity contribution in [2.75, 3.05) is 31.1 Å². The van der Waals surface area contributed by atoms with Crippen LogP contribution < -0.4 is 4.90 Å². The number of anilines is 1. The molecule has 5 nitrogen and oxygen atoms in total. The zero-order chi connectivity index (χ0) is 19.0. The Hall–Kier alpha value is -2.30. The monoisotopic (exact) mass is 366 g/mol. The molecule has 1 aliphatic heterocycles. The molecule has 1 unspecified atom stereocenters. The molecule has 0 bridgehead atoms. The number of piperazine rings is 1. The van der Waals surface area contributed by atoms with Gasteiger partial charge in [-0.15, -0.1) is 0 Å². The van der Waals surface area contributed by atoms with Crippen LogP contribution in [0.2, 0.25) is 0 Å². The van der Waals surface area contributed by atoms with E-state index in [4.69, 9.17) is 0 Å². The van der Waals surface area contributed by atoms with E-state index in [1.54, 1.807) is 0 Å². The van der Waals surface area contributed by atoms with Crippen molar-refractivity contribution >= 4 is 11.6 Å². The Morgan fingerprint density at radius 1 is 1.19 bits per heavy atom. The quantitative estimate of drug-likeness (QED) is 0.839. The number of amides is 1. The Kier molecular flexibility index (Phi) is 4.94. The lowest BCUT2D eigenvalue weighted by molar-refractivity contribution is -0.132. The molecule has 1 amide bonds. The molecular weight excluding hydrogens is 336 g/mol.